The first-order valence-corrected chi connectivity index (χ1v) is 7.89. The zero-order valence-corrected chi connectivity index (χ0v) is 14.2. The molecule has 1 amide bonds. The van der Waals surface area contributed by atoms with E-state index in [1.54, 1.807) is 0 Å². The number of carbonyl (C=O) groups excluding carboxylic acids is 1. The quantitative estimate of drug-likeness (QED) is 0.800. The molecule has 112 valence electrons. The number of hydrogen-bond donors (Lipinski definition) is 2. The number of benzene rings is 1. The topological polar surface area (TPSA) is 55.1 Å². The van der Waals surface area contributed by atoms with E-state index in [1.807, 2.05) is 31.2 Å². The number of rotatable bonds is 7. The van der Waals surface area contributed by atoms with Crippen molar-refractivity contribution in [3.05, 3.63) is 34.3 Å². The molecule has 0 aliphatic heterocycles. The summed E-state index contributed by atoms with van der Waals surface area (Å²) >= 11 is 3.40. The molecule has 0 spiro atoms. The second-order valence-electron chi connectivity index (χ2n) is 6.04. The Morgan fingerprint density at radius 3 is 2.45 bits per heavy atom. The molecular formula is C16H25BrN2O. The molecule has 0 bridgehead atoms. The van der Waals surface area contributed by atoms with Gasteiger partial charge in [-0.05, 0) is 43.4 Å². The van der Waals surface area contributed by atoms with Gasteiger partial charge in [0.25, 0.3) is 0 Å². The first-order valence-electron chi connectivity index (χ1n) is 7.10. The van der Waals surface area contributed by atoms with Crippen molar-refractivity contribution in [1.29, 1.82) is 0 Å². The summed E-state index contributed by atoms with van der Waals surface area (Å²) in [4.78, 5) is 12.1. The van der Waals surface area contributed by atoms with E-state index in [-0.39, 0.29) is 11.4 Å². The molecule has 1 atom stereocenters. The van der Waals surface area contributed by atoms with Crippen LogP contribution < -0.4 is 11.1 Å². The van der Waals surface area contributed by atoms with Gasteiger partial charge in [-0.1, -0.05) is 41.9 Å². The van der Waals surface area contributed by atoms with Crippen molar-refractivity contribution in [1.82, 2.24) is 5.32 Å². The molecule has 1 aromatic carbocycles. The van der Waals surface area contributed by atoms with Gasteiger partial charge in [-0.25, -0.2) is 0 Å². The summed E-state index contributed by atoms with van der Waals surface area (Å²) in [5.74, 6) is 0.580. The Bertz CT molecular complexity index is 431. The van der Waals surface area contributed by atoms with Gasteiger partial charge in [0.2, 0.25) is 5.91 Å². The van der Waals surface area contributed by atoms with Gasteiger partial charge in [-0.3, -0.25) is 4.79 Å². The van der Waals surface area contributed by atoms with E-state index in [9.17, 15) is 4.79 Å². The SMILES string of the molecule is CC(C)CC(C)(CN)NC(=O)CCc1ccc(Br)cc1. The molecule has 0 heterocycles. The summed E-state index contributed by atoms with van der Waals surface area (Å²) in [5.41, 5.74) is 6.68. The minimum Gasteiger partial charge on any atom is -0.350 e. The Hall–Kier alpha value is -0.870. The first kappa shape index (κ1) is 17.2. The standard InChI is InChI=1S/C16H25BrN2O/c1-12(2)10-16(3,11-18)19-15(20)9-6-13-4-7-14(17)8-5-13/h4-5,7-8,12H,6,9-11,18H2,1-3H3,(H,19,20). The van der Waals surface area contributed by atoms with Crippen molar-refractivity contribution in [2.45, 2.75) is 45.6 Å². The number of carbonyl (C=O) groups is 1. The van der Waals surface area contributed by atoms with Crippen LogP contribution in [0.25, 0.3) is 0 Å². The Labute approximate surface area is 130 Å². The fourth-order valence-electron chi connectivity index (χ4n) is 2.39. The number of hydrogen-bond acceptors (Lipinski definition) is 2. The van der Waals surface area contributed by atoms with Crippen molar-refractivity contribution >= 4 is 21.8 Å². The normalized spacial score (nSPS) is 14.1. The summed E-state index contributed by atoms with van der Waals surface area (Å²) in [5, 5.41) is 3.08. The fraction of sp³-hybridized carbons (Fsp3) is 0.562. The van der Waals surface area contributed by atoms with Gasteiger partial charge >= 0.3 is 0 Å². The molecular weight excluding hydrogens is 316 g/mol. The molecule has 0 saturated carbocycles. The Morgan fingerprint density at radius 1 is 1.35 bits per heavy atom. The Kier molecular flexibility index (Phi) is 6.69. The molecule has 0 aliphatic carbocycles. The van der Waals surface area contributed by atoms with Crippen LogP contribution in [0.15, 0.2) is 28.7 Å². The molecule has 0 aromatic heterocycles. The second-order valence-corrected chi connectivity index (χ2v) is 6.95. The third-order valence-electron chi connectivity index (χ3n) is 3.30. The lowest BCUT2D eigenvalue weighted by molar-refractivity contribution is -0.122. The highest BCUT2D eigenvalue weighted by atomic mass is 79.9. The van der Waals surface area contributed by atoms with Crippen molar-refractivity contribution in [2.24, 2.45) is 11.7 Å². The average molecular weight is 341 g/mol. The lowest BCUT2D eigenvalue weighted by Crippen LogP contribution is -2.52. The maximum absolute atomic E-state index is 12.1. The first-order chi connectivity index (χ1) is 9.34. The molecule has 0 saturated heterocycles. The van der Waals surface area contributed by atoms with Gasteiger partial charge in [0, 0.05) is 23.0 Å². The van der Waals surface area contributed by atoms with Gasteiger partial charge in [0.15, 0.2) is 0 Å². The highest BCUT2D eigenvalue weighted by Gasteiger charge is 2.25. The van der Waals surface area contributed by atoms with Crippen LogP contribution in [0, 0.1) is 5.92 Å². The van der Waals surface area contributed by atoms with Crippen molar-refractivity contribution < 1.29 is 4.79 Å². The number of halogens is 1. The Morgan fingerprint density at radius 2 is 1.95 bits per heavy atom. The van der Waals surface area contributed by atoms with Crippen molar-refractivity contribution in [3.8, 4) is 0 Å². The summed E-state index contributed by atoms with van der Waals surface area (Å²) < 4.78 is 1.05. The lowest BCUT2D eigenvalue weighted by Gasteiger charge is -2.31. The second kappa shape index (κ2) is 7.79. The Balaban J connectivity index is 2.48. The van der Waals surface area contributed by atoms with Crippen LogP contribution in [0.1, 0.15) is 39.2 Å². The highest BCUT2D eigenvalue weighted by molar-refractivity contribution is 9.10. The molecule has 20 heavy (non-hydrogen) atoms. The zero-order valence-electron chi connectivity index (χ0n) is 12.6. The lowest BCUT2D eigenvalue weighted by atomic mass is 9.90. The van der Waals surface area contributed by atoms with E-state index in [4.69, 9.17) is 5.73 Å². The maximum Gasteiger partial charge on any atom is 0.220 e. The van der Waals surface area contributed by atoms with Gasteiger partial charge in [0.05, 0.1) is 0 Å². The third kappa shape index (κ3) is 6.06. The van der Waals surface area contributed by atoms with E-state index < -0.39 is 0 Å². The molecule has 1 rings (SSSR count). The third-order valence-corrected chi connectivity index (χ3v) is 3.83. The van der Waals surface area contributed by atoms with Crippen LogP contribution in [0.4, 0.5) is 0 Å². The molecule has 3 N–H and O–H groups in total. The monoisotopic (exact) mass is 340 g/mol. The maximum atomic E-state index is 12.1. The summed E-state index contributed by atoms with van der Waals surface area (Å²) in [6, 6.07) is 8.06. The molecule has 1 unspecified atom stereocenters. The van der Waals surface area contributed by atoms with E-state index in [0.717, 1.165) is 17.3 Å². The van der Waals surface area contributed by atoms with Gasteiger partial charge in [-0.15, -0.1) is 0 Å². The average Bonchev–Trinajstić information content (AvgIpc) is 2.37. The number of nitrogens with two attached hydrogens (primary N) is 1. The highest BCUT2D eigenvalue weighted by Crippen LogP contribution is 2.16. The van der Waals surface area contributed by atoms with Crippen molar-refractivity contribution in [3.63, 3.8) is 0 Å². The smallest absolute Gasteiger partial charge is 0.220 e. The fourth-order valence-corrected chi connectivity index (χ4v) is 2.66. The van der Waals surface area contributed by atoms with Crippen LogP contribution in [0.2, 0.25) is 0 Å². The van der Waals surface area contributed by atoms with Gasteiger partial charge in [0.1, 0.15) is 0 Å². The van der Waals surface area contributed by atoms with Crippen LogP contribution in [0.3, 0.4) is 0 Å². The summed E-state index contributed by atoms with van der Waals surface area (Å²) in [7, 11) is 0. The minimum absolute atomic E-state index is 0.0709. The zero-order chi connectivity index (χ0) is 15.2. The molecule has 0 radical (unpaired) electrons. The van der Waals surface area contributed by atoms with Crippen LogP contribution in [-0.2, 0) is 11.2 Å². The molecule has 0 aliphatic rings. The van der Waals surface area contributed by atoms with Crippen LogP contribution in [0.5, 0.6) is 0 Å². The van der Waals surface area contributed by atoms with E-state index in [0.29, 0.717) is 18.9 Å². The number of amides is 1. The molecule has 3 nitrogen and oxygen atoms in total. The van der Waals surface area contributed by atoms with Crippen LogP contribution in [-0.4, -0.2) is 18.0 Å². The predicted molar refractivity (Wildman–Crippen MR) is 87.5 cm³/mol. The summed E-state index contributed by atoms with van der Waals surface area (Å²) in [6.07, 6.45) is 2.14. The predicted octanol–water partition coefficient (Wildman–Crippen LogP) is 3.26. The number of nitrogens with one attached hydrogen (secondary N) is 1. The molecule has 4 heteroatoms. The van der Waals surface area contributed by atoms with Gasteiger partial charge in [-0.2, -0.15) is 0 Å². The molecule has 0 fully saturated rings. The van der Waals surface area contributed by atoms with E-state index >= 15 is 0 Å². The van der Waals surface area contributed by atoms with Crippen LogP contribution >= 0.6 is 15.9 Å². The number of aryl methyl sites for hydroxylation is 1. The van der Waals surface area contributed by atoms with Crippen molar-refractivity contribution in [2.75, 3.05) is 6.54 Å². The largest absolute Gasteiger partial charge is 0.350 e. The summed E-state index contributed by atoms with van der Waals surface area (Å²) in [6.45, 7) is 6.77. The van der Waals surface area contributed by atoms with Gasteiger partial charge < -0.3 is 11.1 Å². The van der Waals surface area contributed by atoms with E-state index in [1.165, 1.54) is 5.56 Å². The van der Waals surface area contributed by atoms with E-state index in [2.05, 4.69) is 35.1 Å². The minimum atomic E-state index is -0.301. The molecule has 1 aromatic rings.